The number of rotatable bonds is 28. The van der Waals surface area contributed by atoms with Crippen LogP contribution in [0, 0.1) is 0 Å². The normalized spacial score (nSPS) is 11.7. The average Bonchev–Trinajstić information content (AvgIpc) is 3.38. The summed E-state index contributed by atoms with van der Waals surface area (Å²) in [5.74, 6) is 0. The summed E-state index contributed by atoms with van der Waals surface area (Å²) in [6.45, 7) is 14.8. The highest BCUT2D eigenvalue weighted by molar-refractivity contribution is 5.67. The minimum atomic E-state index is -0.545. The van der Waals surface area contributed by atoms with E-state index in [2.05, 4.69) is 15.6 Å². The maximum Gasteiger partial charge on any atom is 0.407 e. The fraction of sp³-hybridized carbons (Fsp3) is 0.885. The Bertz CT molecular complexity index is 736. The molecule has 240 valence electrons. The molecule has 15 heteroatoms. The Labute approximate surface area is 243 Å². The second-order valence-corrected chi connectivity index (χ2v) is 9.52. The Kier molecular flexibility index (Phi) is 23.3. The lowest BCUT2D eigenvalue weighted by Gasteiger charge is -2.19. The van der Waals surface area contributed by atoms with Crippen LogP contribution in [0.3, 0.4) is 0 Å². The van der Waals surface area contributed by atoms with Crippen molar-refractivity contribution >= 4 is 6.09 Å². The van der Waals surface area contributed by atoms with Gasteiger partial charge in [0.2, 0.25) is 0 Å². The van der Waals surface area contributed by atoms with E-state index >= 15 is 0 Å². The van der Waals surface area contributed by atoms with Crippen molar-refractivity contribution in [3.8, 4) is 0 Å². The van der Waals surface area contributed by atoms with Crippen molar-refractivity contribution < 1.29 is 47.4 Å². The lowest BCUT2D eigenvalue weighted by atomic mass is 10.2. The van der Waals surface area contributed by atoms with Crippen LogP contribution in [0.15, 0.2) is 6.20 Å². The highest BCUT2D eigenvalue weighted by Crippen LogP contribution is 2.06. The summed E-state index contributed by atoms with van der Waals surface area (Å²) in [5, 5.41) is 10.7. The van der Waals surface area contributed by atoms with E-state index in [9.17, 15) is 4.79 Å². The van der Waals surface area contributed by atoms with Crippen LogP contribution in [0.25, 0.3) is 0 Å². The van der Waals surface area contributed by atoms with E-state index in [0.717, 1.165) is 0 Å². The van der Waals surface area contributed by atoms with E-state index in [1.54, 1.807) is 10.9 Å². The Hall–Kier alpha value is -1.95. The number of nitrogens with zero attached hydrogens (tertiary/aromatic N) is 3. The first-order valence-corrected chi connectivity index (χ1v) is 14.1. The Morgan fingerprint density at radius 1 is 0.707 bits per heavy atom. The molecule has 1 rings (SSSR count). The zero-order valence-electron chi connectivity index (χ0n) is 25.0. The predicted octanol–water partition coefficient (Wildman–Crippen LogP) is 0.394. The first-order valence-electron chi connectivity index (χ1n) is 14.1. The van der Waals surface area contributed by atoms with Gasteiger partial charge < -0.3 is 53.7 Å². The predicted molar refractivity (Wildman–Crippen MR) is 149 cm³/mol. The van der Waals surface area contributed by atoms with Gasteiger partial charge in [-0.25, -0.2) is 9.48 Å². The molecule has 1 amide bonds. The van der Waals surface area contributed by atoms with Crippen molar-refractivity contribution in [1.29, 1.82) is 0 Å². The number of ether oxygens (including phenoxy) is 9. The topological polar surface area (TPSA) is 169 Å². The van der Waals surface area contributed by atoms with Crippen LogP contribution in [-0.4, -0.2) is 139 Å². The van der Waals surface area contributed by atoms with Crippen molar-refractivity contribution in [3.05, 3.63) is 11.9 Å². The maximum absolute atomic E-state index is 11.7. The second kappa shape index (κ2) is 25.7. The third-order valence-electron chi connectivity index (χ3n) is 4.73. The Morgan fingerprint density at radius 2 is 1.10 bits per heavy atom. The van der Waals surface area contributed by atoms with Crippen LogP contribution >= 0.6 is 0 Å². The zero-order valence-corrected chi connectivity index (χ0v) is 25.0. The molecule has 0 saturated carbocycles. The molecule has 0 aliphatic rings. The molecule has 0 aliphatic carbocycles. The van der Waals surface area contributed by atoms with Gasteiger partial charge in [0.25, 0.3) is 0 Å². The van der Waals surface area contributed by atoms with E-state index in [0.29, 0.717) is 124 Å². The maximum atomic E-state index is 11.7. The minimum absolute atomic E-state index is 0.244. The van der Waals surface area contributed by atoms with Gasteiger partial charge in [0.1, 0.15) is 11.3 Å². The third kappa shape index (κ3) is 25.5. The van der Waals surface area contributed by atoms with Crippen LogP contribution in [-0.2, 0) is 55.7 Å². The number of alkyl carbamates (subject to hydrolysis) is 1. The average molecular weight is 594 g/mol. The molecule has 1 heterocycles. The smallest absolute Gasteiger partial charge is 0.407 e. The summed E-state index contributed by atoms with van der Waals surface area (Å²) >= 11 is 0. The fourth-order valence-corrected chi connectivity index (χ4v) is 2.89. The molecule has 0 saturated heterocycles. The highest BCUT2D eigenvalue weighted by atomic mass is 16.6. The Balaban J connectivity index is 1.76. The number of hydrogen-bond donors (Lipinski definition) is 2. The number of nitrogens with two attached hydrogens (primary N) is 1. The van der Waals surface area contributed by atoms with E-state index in [-0.39, 0.29) is 6.54 Å². The number of carbonyl (C=O) groups excluding carboxylic acids is 1. The highest BCUT2D eigenvalue weighted by Gasteiger charge is 2.16. The molecular formula is C26H51N5O10. The van der Waals surface area contributed by atoms with E-state index < -0.39 is 11.7 Å². The number of hydrogen-bond acceptors (Lipinski definition) is 13. The van der Waals surface area contributed by atoms with Gasteiger partial charge in [-0.05, 0) is 20.8 Å². The van der Waals surface area contributed by atoms with Crippen molar-refractivity contribution in [3.63, 3.8) is 0 Å². The van der Waals surface area contributed by atoms with Crippen LogP contribution in [0.2, 0.25) is 0 Å². The minimum Gasteiger partial charge on any atom is -0.444 e. The molecule has 0 fully saturated rings. The van der Waals surface area contributed by atoms with Gasteiger partial charge in [0, 0.05) is 6.54 Å². The fourth-order valence-electron chi connectivity index (χ4n) is 2.89. The molecule has 0 radical (unpaired) electrons. The van der Waals surface area contributed by atoms with Gasteiger partial charge in [-0.3, -0.25) is 0 Å². The first kappa shape index (κ1) is 37.1. The number of nitrogens with one attached hydrogen (secondary N) is 1. The number of amides is 1. The summed E-state index contributed by atoms with van der Waals surface area (Å²) in [6, 6.07) is 0. The standard InChI is InChI=1S/C26H51N5O10/c1-26(2,3)41-25(32)28-22-24-23-31(30-29-24)5-7-34-9-11-36-13-15-38-17-19-40-21-20-39-18-16-37-14-12-35-10-8-33-6-4-27/h23H,4-22,27H2,1-3H3,(H,28,32). The third-order valence-corrected chi connectivity index (χ3v) is 4.73. The van der Waals surface area contributed by atoms with Crippen molar-refractivity contribution in [2.75, 3.05) is 112 Å². The molecule has 1 aromatic heterocycles. The van der Waals surface area contributed by atoms with Crippen LogP contribution in [0.1, 0.15) is 26.5 Å². The van der Waals surface area contributed by atoms with Gasteiger partial charge in [0.15, 0.2) is 0 Å². The molecule has 0 spiro atoms. The summed E-state index contributed by atoms with van der Waals surface area (Å²) in [7, 11) is 0. The molecule has 3 N–H and O–H groups in total. The molecule has 0 atom stereocenters. The molecule has 1 aromatic rings. The summed E-state index contributed by atoms with van der Waals surface area (Å²) < 4.78 is 50.2. The van der Waals surface area contributed by atoms with Crippen LogP contribution in [0.4, 0.5) is 4.79 Å². The van der Waals surface area contributed by atoms with Gasteiger partial charge in [0.05, 0.1) is 125 Å². The van der Waals surface area contributed by atoms with Crippen LogP contribution < -0.4 is 11.1 Å². The number of aromatic nitrogens is 3. The SMILES string of the molecule is CC(C)(C)OC(=O)NCc1cn(CCOCCOCCOCCOCCOCCOCCOCCOCCN)nn1. The van der Waals surface area contributed by atoms with E-state index in [1.807, 2.05) is 20.8 Å². The zero-order chi connectivity index (χ0) is 29.9. The first-order chi connectivity index (χ1) is 19.9. The van der Waals surface area contributed by atoms with E-state index in [1.165, 1.54) is 0 Å². The quantitative estimate of drug-likeness (QED) is 0.128. The Morgan fingerprint density at radius 3 is 1.49 bits per heavy atom. The monoisotopic (exact) mass is 593 g/mol. The van der Waals surface area contributed by atoms with Crippen molar-refractivity contribution in [2.45, 2.75) is 39.5 Å². The largest absolute Gasteiger partial charge is 0.444 e. The summed E-state index contributed by atoms with van der Waals surface area (Å²) in [6.07, 6.45) is 1.26. The molecule has 0 bridgehead atoms. The second-order valence-electron chi connectivity index (χ2n) is 9.52. The summed E-state index contributed by atoms with van der Waals surface area (Å²) in [5.41, 5.74) is 5.42. The van der Waals surface area contributed by atoms with Crippen molar-refractivity contribution in [2.24, 2.45) is 5.73 Å². The van der Waals surface area contributed by atoms with Gasteiger partial charge in [-0.2, -0.15) is 0 Å². The van der Waals surface area contributed by atoms with E-state index in [4.69, 9.17) is 48.4 Å². The molecule has 0 unspecified atom stereocenters. The van der Waals surface area contributed by atoms with Crippen molar-refractivity contribution in [1.82, 2.24) is 20.3 Å². The molecule has 15 nitrogen and oxygen atoms in total. The molecule has 41 heavy (non-hydrogen) atoms. The summed E-state index contributed by atoms with van der Waals surface area (Å²) in [4.78, 5) is 11.7. The van der Waals surface area contributed by atoms with Gasteiger partial charge >= 0.3 is 6.09 Å². The molecule has 0 aromatic carbocycles. The molecule has 0 aliphatic heterocycles. The van der Waals surface area contributed by atoms with Gasteiger partial charge in [-0.1, -0.05) is 5.21 Å². The van der Waals surface area contributed by atoms with Crippen LogP contribution in [0.5, 0.6) is 0 Å². The van der Waals surface area contributed by atoms with Gasteiger partial charge in [-0.15, -0.1) is 5.10 Å². The lowest BCUT2D eigenvalue weighted by molar-refractivity contribution is -0.0231. The molecular weight excluding hydrogens is 542 g/mol. The number of carbonyl (C=O) groups is 1. The lowest BCUT2D eigenvalue weighted by Crippen LogP contribution is -2.32.